The third-order valence-corrected chi connectivity index (χ3v) is 2.81. The van der Waals surface area contributed by atoms with Crippen molar-refractivity contribution < 1.29 is 14.4 Å². The molecule has 2 amide bonds. The minimum absolute atomic E-state index is 0.266. The van der Waals surface area contributed by atoms with Crippen molar-refractivity contribution in [3.05, 3.63) is 47.5 Å². The Kier molecular flexibility index (Phi) is 3.58. The van der Waals surface area contributed by atoms with Crippen molar-refractivity contribution in [3.63, 3.8) is 0 Å². The molecule has 0 N–H and O–H groups in total. The zero-order valence-corrected chi connectivity index (χ0v) is 10.4. The molecule has 1 aromatic carbocycles. The summed E-state index contributed by atoms with van der Waals surface area (Å²) < 4.78 is 0. The van der Waals surface area contributed by atoms with Gasteiger partial charge in [0.25, 0.3) is 11.8 Å². The minimum Gasteiger partial charge on any atom is -0.266 e. The van der Waals surface area contributed by atoms with Gasteiger partial charge in [0.2, 0.25) is 0 Å². The number of hydroxylamine groups is 2. The van der Waals surface area contributed by atoms with Gasteiger partial charge in [0.1, 0.15) is 6.10 Å². The molecule has 0 spiro atoms. The number of benzene rings is 1. The highest BCUT2D eigenvalue weighted by Crippen LogP contribution is 2.23. The second kappa shape index (κ2) is 5.14. The summed E-state index contributed by atoms with van der Waals surface area (Å²) in [5.74, 6) is -0.780. The van der Waals surface area contributed by atoms with Crippen molar-refractivity contribution in [2.24, 2.45) is 0 Å². The molecule has 4 heteroatoms. The van der Waals surface area contributed by atoms with Gasteiger partial charge in [-0.15, -0.1) is 5.06 Å². The third-order valence-electron chi connectivity index (χ3n) is 2.81. The third kappa shape index (κ3) is 2.07. The Bertz CT molecular complexity index is 473. The highest BCUT2D eigenvalue weighted by atomic mass is 16.7. The molecule has 1 heterocycles. The molecule has 1 aliphatic heterocycles. The molecular weight excluding hydrogens is 230 g/mol. The van der Waals surface area contributed by atoms with Gasteiger partial charge in [-0.1, -0.05) is 31.2 Å². The van der Waals surface area contributed by atoms with E-state index in [1.165, 1.54) is 0 Å². The summed E-state index contributed by atoms with van der Waals surface area (Å²) in [4.78, 5) is 29.5. The number of carbonyl (C=O) groups is 2. The van der Waals surface area contributed by atoms with Gasteiger partial charge >= 0.3 is 0 Å². The fourth-order valence-corrected chi connectivity index (χ4v) is 1.86. The van der Waals surface area contributed by atoms with E-state index in [1.54, 1.807) is 24.3 Å². The van der Waals surface area contributed by atoms with Crippen LogP contribution in [-0.4, -0.2) is 23.0 Å². The second-order valence-corrected chi connectivity index (χ2v) is 4.03. The van der Waals surface area contributed by atoms with Crippen LogP contribution < -0.4 is 0 Å². The van der Waals surface area contributed by atoms with E-state index in [2.05, 4.69) is 0 Å². The molecule has 0 fully saturated rings. The number of rotatable bonds is 4. The van der Waals surface area contributed by atoms with Crippen molar-refractivity contribution in [2.75, 3.05) is 0 Å². The number of fused-ring (bicyclic) bond motifs is 1. The first kappa shape index (κ1) is 12.5. The van der Waals surface area contributed by atoms with E-state index in [1.807, 2.05) is 26.0 Å². The van der Waals surface area contributed by atoms with E-state index in [0.29, 0.717) is 17.5 Å². The Morgan fingerprint density at radius 3 is 2.22 bits per heavy atom. The standard InChI is InChI=1S/C14H15NO3/c1-3-7-10(4-2)18-15-13(16)11-8-5-6-9-12(11)14(15)17/h3,5-10H,4H2,1-2H3/b7-3+. The fraction of sp³-hybridized carbons (Fsp3) is 0.286. The molecule has 0 saturated heterocycles. The smallest absolute Gasteiger partial charge is 0.266 e. The number of hydrogen-bond donors (Lipinski definition) is 0. The average Bonchev–Trinajstić information content (AvgIpc) is 2.64. The Morgan fingerprint density at radius 2 is 1.78 bits per heavy atom. The molecule has 94 valence electrons. The van der Waals surface area contributed by atoms with Crippen LogP contribution in [-0.2, 0) is 4.84 Å². The summed E-state index contributed by atoms with van der Waals surface area (Å²) in [6, 6.07) is 6.73. The van der Waals surface area contributed by atoms with Crippen molar-refractivity contribution in [2.45, 2.75) is 26.4 Å². The van der Waals surface area contributed by atoms with Gasteiger partial charge in [-0.25, -0.2) is 0 Å². The first-order chi connectivity index (χ1) is 8.69. The van der Waals surface area contributed by atoms with Crippen LogP contribution in [0.4, 0.5) is 0 Å². The van der Waals surface area contributed by atoms with Gasteiger partial charge in [-0.05, 0) is 25.5 Å². The molecule has 0 aliphatic carbocycles. The molecule has 1 aromatic rings. The van der Waals surface area contributed by atoms with Gasteiger partial charge in [-0.3, -0.25) is 14.4 Å². The van der Waals surface area contributed by atoms with Crippen molar-refractivity contribution in [3.8, 4) is 0 Å². The van der Waals surface area contributed by atoms with E-state index in [4.69, 9.17) is 4.84 Å². The van der Waals surface area contributed by atoms with Crippen LogP contribution in [0.15, 0.2) is 36.4 Å². The first-order valence-electron chi connectivity index (χ1n) is 5.96. The highest BCUT2D eigenvalue weighted by molar-refractivity contribution is 6.20. The number of allylic oxidation sites excluding steroid dienone is 1. The van der Waals surface area contributed by atoms with Crippen LogP contribution >= 0.6 is 0 Å². The Balaban J connectivity index is 2.23. The summed E-state index contributed by atoms with van der Waals surface area (Å²) in [6.07, 6.45) is 4.09. The number of imide groups is 1. The van der Waals surface area contributed by atoms with Crippen LogP contribution in [0.25, 0.3) is 0 Å². The molecule has 1 aliphatic rings. The van der Waals surface area contributed by atoms with E-state index in [0.717, 1.165) is 5.06 Å². The van der Waals surface area contributed by atoms with Crippen LogP contribution in [0.5, 0.6) is 0 Å². The summed E-state index contributed by atoms with van der Waals surface area (Å²) in [6.45, 7) is 3.80. The molecule has 18 heavy (non-hydrogen) atoms. The summed E-state index contributed by atoms with van der Waals surface area (Å²) >= 11 is 0. The Morgan fingerprint density at radius 1 is 1.22 bits per heavy atom. The molecule has 4 nitrogen and oxygen atoms in total. The summed E-state index contributed by atoms with van der Waals surface area (Å²) in [5, 5.41) is 0.860. The second-order valence-electron chi connectivity index (χ2n) is 4.03. The van der Waals surface area contributed by atoms with Gasteiger partial charge in [0.05, 0.1) is 11.1 Å². The topological polar surface area (TPSA) is 46.6 Å². The molecular formula is C14H15NO3. The quantitative estimate of drug-likeness (QED) is 0.605. The fourth-order valence-electron chi connectivity index (χ4n) is 1.86. The lowest BCUT2D eigenvalue weighted by Gasteiger charge is -2.18. The van der Waals surface area contributed by atoms with Crippen LogP contribution in [0.1, 0.15) is 41.0 Å². The van der Waals surface area contributed by atoms with E-state index >= 15 is 0 Å². The summed E-state index contributed by atoms with van der Waals surface area (Å²) in [7, 11) is 0. The maximum atomic E-state index is 12.0. The lowest BCUT2D eigenvalue weighted by molar-refractivity contribution is -0.117. The number of amides is 2. The Labute approximate surface area is 106 Å². The van der Waals surface area contributed by atoms with E-state index in [9.17, 15) is 9.59 Å². The molecule has 1 atom stereocenters. The van der Waals surface area contributed by atoms with Gasteiger partial charge < -0.3 is 0 Å². The monoisotopic (exact) mass is 245 g/mol. The van der Waals surface area contributed by atoms with Crippen LogP contribution in [0.2, 0.25) is 0 Å². The van der Waals surface area contributed by atoms with Gasteiger partial charge in [-0.2, -0.15) is 0 Å². The molecule has 0 radical (unpaired) electrons. The van der Waals surface area contributed by atoms with Crippen molar-refractivity contribution in [1.29, 1.82) is 0 Å². The molecule has 0 bridgehead atoms. The summed E-state index contributed by atoms with van der Waals surface area (Å²) in [5.41, 5.74) is 0.802. The first-order valence-corrected chi connectivity index (χ1v) is 5.96. The molecule has 1 unspecified atom stereocenters. The van der Waals surface area contributed by atoms with Crippen molar-refractivity contribution in [1.82, 2.24) is 5.06 Å². The molecule has 0 aromatic heterocycles. The average molecular weight is 245 g/mol. The van der Waals surface area contributed by atoms with Gasteiger partial charge in [0.15, 0.2) is 0 Å². The minimum atomic E-state index is -0.390. The maximum absolute atomic E-state index is 12.0. The normalized spacial score (nSPS) is 16.4. The Hall–Kier alpha value is -1.94. The maximum Gasteiger partial charge on any atom is 0.285 e. The zero-order valence-electron chi connectivity index (χ0n) is 10.4. The predicted octanol–water partition coefficient (Wildman–Crippen LogP) is 2.57. The SMILES string of the molecule is C/C=C/C(CC)ON1C(=O)c2ccccc2C1=O. The van der Waals surface area contributed by atoms with Gasteiger partial charge in [0, 0.05) is 0 Å². The number of carbonyl (C=O) groups excluding carboxylic acids is 2. The largest absolute Gasteiger partial charge is 0.285 e. The van der Waals surface area contributed by atoms with E-state index in [-0.39, 0.29) is 6.10 Å². The van der Waals surface area contributed by atoms with Crippen LogP contribution in [0.3, 0.4) is 0 Å². The van der Waals surface area contributed by atoms with Crippen LogP contribution in [0, 0.1) is 0 Å². The van der Waals surface area contributed by atoms with Crippen molar-refractivity contribution >= 4 is 11.8 Å². The lowest BCUT2D eigenvalue weighted by Crippen LogP contribution is -2.33. The molecule has 0 saturated carbocycles. The number of nitrogens with zero attached hydrogens (tertiary/aromatic N) is 1. The highest BCUT2D eigenvalue weighted by Gasteiger charge is 2.37. The zero-order chi connectivity index (χ0) is 13.1. The number of hydrogen-bond acceptors (Lipinski definition) is 3. The predicted molar refractivity (Wildman–Crippen MR) is 66.9 cm³/mol. The molecule has 2 rings (SSSR count). The lowest BCUT2D eigenvalue weighted by atomic mass is 10.1. The van der Waals surface area contributed by atoms with E-state index < -0.39 is 11.8 Å².